The van der Waals surface area contributed by atoms with Crippen molar-refractivity contribution < 1.29 is 19.6 Å². The number of carboxylic acid groups (broad SMARTS) is 1. The molecule has 0 aliphatic rings. The number of ether oxygens (including phenoxy) is 1. The number of benzene rings is 1. The van der Waals surface area contributed by atoms with Gasteiger partial charge in [-0.25, -0.2) is 14.3 Å². The van der Waals surface area contributed by atoms with Gasteiger partial charge in [0, 0.05) is 11.1 Å². The molecule has 2 aromatic rings. The molecule has 1 heterocycles. The Balaban J connectivity index is 2.53. The fourth-order valence-corrected chi connectivity index (χ4v) is 1.88. The summed E-state index contributed by atoms with van der Waals surface area (Å²) < 4.78 is 5.97. The lowest BCUT2D eigenvalue weighted by atomic mass is 10.1. The molecule has 104 valence electrons. The van der Waals surface area contributed by atoms with E-state index in [0.29, 0.717) is 17.0 Å². The fourth-order valence-electron chi connectivity index (χ4n) is 1.88. The topological polar surface area (TPSA) is 107 Å². The Bertz CT molecular complexity index is 692. The van der Waals surface area contributed by atoms with Crippen molar-refractivity contribution in [3.05, 3.63) is 40.1 Å². The molecule has 0 aliphatic heterocycles. The molecule has 0 amide bonds. The van der Waals surface area contributed by atoms with Crippen molar-refractivity contribution in [2.45, 2.75) is 6.92 Å². The second-order valence-corrected chi connectivity index (χ2v) is 4.05. The average Bonchev–Trinajstić information content (AvgIpc) is 2.73. The molecule has 0 saturated heterocycles. The summed E-state index contributed by atoms with van der Waals surface area (Å²) in [5.41, 5.74) is 1.11. The van der Waals surface area contributed by atoms with Gasteiger partial charge in [-0.05, 0) is 24.0 Å². The van der Waals surface area contributed by atoms with Crippen molar-refractivity contribution in [2.75, 3.05) is 0 Å². The molecule has 1 N–H and O–H groups in total. The van der Waals surface area contributed by atoms with Crippen LogP contribution in [0.25, 0.3) is 11.4 Å². The van der Waals surface area contributed by atoms with Crippen LogP contribution >= 0.6 is 0 Å². The van der Waals surface area contributed by atoms with Gasteiger partial charge in [-0.1, -0.05) is 6.07 Å². The molecule has 0 fully saturated rings. The summed E-state index contributed by atoms with van der Waals surface area (Å²) in [7, 11) is 1.52. The lowest BCUT2D eigenvalue weighted by Crippen LogP contribution is -2.05. The van der Waals surface area contributed by atoms with Crippen LogP contribution in [0.3, 0.4) is 0 Å². The quantitative estimate of drug-likeness (QED) is 0.399. The van der Waals surface area contributed by atoms with E-state index < -0.39 is 11.1 Å². The highest BCUT2D eigenvalue weighted by Crippen LogP contribution is 2.30. The van der Waals surface area contributed by atoms with Gasteiger partial charge in [0.15, 0.2) is 0 Å². The van der Waals surface area contributed by atoms with E-state index in [9.17, 15) is 14.9 Å². The molecule has 0 unspecified atom stereocenters. The number of rotatable bonds is 3. The molecule has 0 spiro atoms. The number of hydrogen-bond acceptors (Lipinski definition) is 5. The van der Waals surface area contributed by atoms with Crippen LogP contribution in [0, 0.1) is 17.0 Å². The summed E-state index contributed by atoms with van der Waals surface area (Å²) in [5.74, 6) is 0.384. The van der Waals surface area contributed by atoms with E-state index in [0.717, 1.165) is 6.20 Å². The van der Waals surface area contributed by atoms with Crippen molar-refractivity contribution in [3.63, 3.8) is 0 Å². The third-order valence-electron chi connectivity index (χ3n) is 2.87. The summed E-state index contributed by atoms with van der Waals surface area (Å²) in [6, 6.07) is 4.79. The van der Waals surface area contributed by atoms with Crippen LogP contribution in [0.1, 0.15) is 5.56 Å². The van der Waals surface area contributed by atoms with Gasteiger partial charge in [0.1, 0.15) is 11.9 Å². The highest BCUT2D eigenvalue weighted by molar-refractivity contribution is 5.69. The molecule has 0 bridgehead atoms. The summed E-state index contributed by atoms with van der Waals surface area (Å²) in [4.78, 5) is 24.9. The van der Waals surface area contributed by atoms with E-state index in [1.54, 1.807) is 19.1 Å². The maximum atomic E-state index is 10.8. The first kappa shape index (κ1) is 13.5. The summed E-state index contributed by atoms with van der Waals surface area (Å²) in [5, 5.41) is 19.5. The smallest absolute Gasteiger partial charge is 0.449 e. The summed E-state index contributed by atoms with van der Waals surface area (Å²) in [6.07, 6.45) is -0.268. The van der Waals surface area contributed by atoms with Gasteiger partial charge in [0.05, 0.1) is 7.05 Å². The van der Waals surface area contributed by atoms with E-state index in [2.05, 4.69) is 9.72 Å². The van der Waals surface area contributed by atoms with E-state index in [1.807, 2.05) is 0 Å². The highest BCUT2D eigenvalue weighted by atomic mass is 16.7. The van der Waals surface area contributed by atoms with Crippen molar-refractivity contribution >= 4 is 12.0 Å². The van der Waals surface area contributed by atoms with Crippen LogP contribution in [0.2, 0.25) is 0 Å². The van der Waals surface area contributed by atoms with Crippen molar-refractivity contribution in [1.29, 1.82) is 0 Å². The summed E-state index contributed by atoms with van der Waals surface area (Å²) >= 11 is 0. The van der Waals surface area contributed by atoms with Gasteiger partial charge in [0.2, 0.25) is 5.82 Å². The highest BCUT2D eigenvalue weighted by Gasteiger charge is 2.21. The molecule has 1 aromatic carbocycles. The van der Waals surface area contributed by atoms with Crippen molar-refractivity contribution in [3.8, 4) is 17.1 Å². The van der Waals surface area contributed by atoms with Crippen LogP contribution in [0.15, 0.2) is 24.4 Å². The molecule has 20 heavy (non-hydrogen) atoms. The number of carbonyl (C=O) groups is 1. The Morgan fingerprint density at radius 3 is 2.75 bits per heavy atom. The lowest BCUT2D eigenvalue weighted by molar-refractivity contribution is -0.391. The largest absolute Gasteiger partial charge is 0.511 e. The van der Waals surface area contributed by atoms with Gasteiger partial charge in [-0.15, -0.1) is 0 Å². The third-order valence-corrected chi connectivity index (χ3v) is 2.87. The maximum Gasteiger partial charge on any atom is 0.511 e. The van der Waals surface area contributed by atoms with E-state index in [-0.39, 0.29) is 11.6 Å². The maximum absolute atomic E-state index is 10.8. The van der Waals surface area contributed by atoms with Crippen LogP contribution in [-0.4, -0.2) is 25.7 Å². The van der Waals surface area contributed by atoms with Crippen molar-refractivity contribution in [1.82, 2.24) is 9.55 Å². The minimum Gasteiger partial charge on any atom is -0.449 e. The third kappa shape index (κ3) is 2.30. The first-order valence-electron chi connectivity index (χ1n) is 5.58. The Morgan fingerprint density at radius 1 is 1.50 bits per heavy atom. The lowest BCUT2D eigenvalue weighted by Gasteiger charge is -2.08. The predicted octanol–water partition coefficient (Wildman–Crippen LogP) is 2.36. The zero-order chi connectivity index (χ0) is 14.9. The van der Waals surface area contributed by atoms with Crippen LogP contribution in [0.5, 0.6) is 5.75 Å². The zero-order valence-corrected chi connectivity index (χ0v) is 10.7. The number of nitrogens with zero attached hydrogens (tertiary/aromatic N) is 3. The molecular formula is C12H11N3O5. The number of hydrogen-bond donors (Lipinski definition) is 1. The molecule has 2 rings (SSSR count). The molecular weight excluding hydrogens is 266 g/mol. The second-order valence-electron chi connectivity index (χ2n) is 4.05. The standard InChI is InChI=1S/C12H11N3O5/c1-7-8(4-3-5-9(7)20-12(16)17)11-13-6-10(14(11)2)15(18)19/h3-6H,1-2H3,(H,16,17). The van der Waals surface area contributed by atoms with E-state index in [4.69, 9.17) is 5.11 Å². The van der Waals surface area contributed by atoms with Gasteiger partial charge >= 0.3 is 12.0 Å². The minimum absolute atomic E-state index is 0.149. The van der Waals surface area contributed by atoms with Crippen LogP contribution in [0.4, 0.5) is 10.6 Å². The molecule has 0 radical (unpaired) electrons. The number of imidazole rings is 1. The molecule has 8 heteroatoms. The fraction of sp³-hybridized carbons (Fsp3) is 0.167. The first-order chi connectivity index (χ1) is 9.41. The number of nitro groups is 1. The van der Waals surface area contributed by atoms with Crippen LogP contribution in [-0.2, 0) is 7.05 Å². The molecule has 1 aromatic heterocycles. The van der Waals surface area contributed by atoms with Crippen molar-refractivity contribution in [2.24, 2.45) is 7.05 Å². The Morgan fingerprint density at radius 2 is 2.20 bits per heavy atom. The first-order valence-corrected chi connectivity index (χ1v) is 5.58. The second kappa shape index (κ2) is 5.00. The van der Waals surface area contributed by atoms with Gasteiger partial charge in [-0.3, -0.25) is 0 Å². The average molecular weight is 277 g/mol. The molecule has 0 atom stereocenters. The summed E-state index contributed by atoms with van der Waals surface area (Å²) in [6.45, 7) is 1.66. The van der Waals surface area contributed by atoms with Gasteiger partial charge in [-0.2, -0.15) is 0 Å². The van der Waals surface area contributed by atoms with Gasteiger partial charge in [0.25, 0.3) is 0 Å². The monoisotopic (exact) mass is 277 g/mol. The molecule has 8 nitrogen and oxygen atoms in total. The van der Waals surface area contributed by atoms with E-state index >= 15 is 0 Å². The predicted molar refractivity (Wildman–Crippen MR) is 68.7 cm³/mol. The van der Waals surface area contributed by atoms with Crippen LogP contribution < -0.4 is 4.74 Å². The van der Waals surface area contributed by atoms with E-state index in [1.165, 1.54) is 17.7 Å². The minimum atomic E-state index is -1.42. The Hall–Kier alpha value is -2.90. The Labute approximate surface area is 113 Å². The Kier molecular flexibility index (Phi) is 3.38. The van der Waals surface area contributed by atoms with Gasteiger partial charge < -0.3 is 20.0 Å². The zero-order valence-electron chi connectivity index (χ0n) is 10.7. The normalized spacial score (nSPS) is 10.3. The SMILES string of the molecule is Cc1c(OC(=O)O)cccc1-c1ncc([N+](=O)[O-])n1C. The molecule has 0 aliphatic carbocycles. The molecule has 0 saturated carbocycles. The number of aromatic nitrogens is 2.